The van der Waals surface area contributed by atoms with Crippen LogP contribution >= 0.6 is 0 Å². The zero-order chi connectivity index (χ0) is 12.4. The molecule has 17 heavy (non-hydrogen) atoms. The molecule has 84 valence electrons. The van der Waals surface area contributed by atoms with Crippen LogP contribution in [0.25, 0.3) is 21.3 Å². The molecule has 1 aromatic carbocycles. The SMILES string of the molecule is [N-]=[N+]=Nc1c(F)cc([N+](=O)[O-])c2cccnc12. The van der Waals surface area contributed by atoms with Crippen LogP contribution in [0.15, 0.2) is 29.5 Å². The highest BCUT2D eigenvalue weighted by molar-refractivity contribution is 5.95. The van der Waals surface area contributed by atoms with Gasteiger partial charge in [-0.25, -0.2) is 4.39 Å². The van der Waals surface area contributed by atoms with Crippen molar-refractivity contribution in [3.8, 4) is 0 Å². The van der Waals surface area contributed by atoms with E-state index in [1.807, 2.05) is 0 Å². The Balaban J connectivity index is 2.96. The number of azide groups is 1. The van der Waals surface area contributed by atoms with E-state index in [1.54, 1.807) is 0 Å². The molecule has 1 aromatic heterocycles. The van der Waals surface area contributed by atoms with Gasteiger partial charge in [0.2, 0.25) is 0 Å². The van der Waals surface area contributed by atoms with E-state index >= 15 is 0 Å². The summed E-state index contributed by atoms with van der Waals surface area (Å²) in [5.41, 5.74) is 7.53. The second kappa shape index (κ2) is 4.03. The maximum Gasteiger partial charge on any atom is 0.281 e. The summed E-state index contributed by atoms with van der Waals surface area (Å²) in [5.74, 6) is -0.972. The fraction of sp³-hybridized carbons (Fsp3) is 0. The lowest BCUT2D eigenvalue weighted by Crippen LogP contribution is -1.93. The number of benzene rings is 1. The van der Waals surface area contributed by atoms with Crippen LogP contribution in [0, 0.1) is 15.9 Å². The summed E-state index contributed by atoms with van der Waals surface area (Å²) in [4.78, 5) is 16.3. The van der Waals surface area contributed by atoms with Gasteiger partial charge in [0.15, 0.2) is 0 Å². The fourth-order valence-corrected chi connectivity index (χ4v) is 1.47. The van der Waals surface area contributed by atoms with Crippen LogP contribution < -0.4 is 0 Å². The Morgan fingerprint density at radius 3 is 3.00 bits per heavy atom. The van der Waals surface area contributed by atoms with Gasteiger partial charge >= 0.3 is 0 Å². The van der Waals surface area contributed by atoms with E-state index < -0.39 is 16.4 Å². The van der Waals surface area contributed by atoms with E-state index in [4.69, 9.17) is 5.53 Å². The number of pyridine rings is 1. The average molecular weight is 233 g/mol. The standard InChI is InChI=1S/C9H4FN5O2/c10-6-4-7(15(16)17)5-2-1-3-12-8(5)9(6)13-14-11/h1-4H. The summed E-state index contributed by atoms with van der Waals surface area (Å²) in [5, 5.41) is 14.0. The molecular weight excluding hydrogens is 229 g/mol. The summed E-state index contributed by atoms with van der Waals surface area (Å²) in [6.45, 7) is 0. The lowest BCUT2D eigenvalue weighted by molar-refractivity contribution is -0.383. The molecule has 8 heteroatoms. The minimum Gasteiger partial charge on any atom is -0.258 e. The van der Waals surface area contributed by atoms with E-state index in [0.29, 0.717) is 6.07 Å². The summed E-state index contributed by atoms with van der Waals surface area (Å²) in [6.07, 6.45) is 1.34. The first kappa shape index (κ1) is 10.8. The molecule has 0 fully saturated rings. The molecule has 0 saturated heterocycles. The van der Waals surface area contributed by atoms with Crippen molar-refractivity contribution in [2.45, 2.75) is 0 Å². The third-order valence-corrected chi connectivity index (χ3v) is 2.14. The number of non-ortho nitro benzene ring substituents is 1. The monoisotopic (exact) mass is 233 g/mol. The van der Waals surface area contributed by atoms with Crippen molar-refractivity contribution in [1.29, 1.82) is 0 Å². The van der Waals surface area contributed by atoms with Crippen molar-refractivity contribution >= 4 is 22.3 Å². The Hall–Kier alpha value is -2.73. The van der Waals surface area contributed by atoms with Gasteiger partial charge in [-0.3, -0.25) is 15.1 Å². The molecule has 0 aliphatic rings. The molecule has 2 aromatic rings. The van der Waals surface area contributed by atoms with Crippen molar-refractivity contribution in [2.75, 3.05) is 0 Å². The van der Waals surface area contributed by atoms with Crippen LogP contribution in [0.4, 0.5) is 15.8 Å². The van der Waals surface area contributed by atoms with Crippen LogP contribution in [0.5, 0.6) is 0 Å². The van der Waals surface area contributed by atoms with E-state index in [0.717, 1.165) is 0 Å². The van der Waals surface area contributed by atoms with Crippen LogP contribution in [0.2, 0.25) is 0 Å². The van der Waals surface area contributed by atoms with E-state index in [1.165, 1.54) is 18.3 Å². The minimum atomic E-state index is -0.972. The number of halogens is 1. The van der Waals surface area contributed by atoms with Gasteiger partial charge in [0.1, 0.15) is 11.5 Å². The summed E-state index contributed by atoms with van der Waals surface area (Å²) < 4.78 is 13.5. The molecular formula is C9H4FN5O2. The predicted octanol–water partition coefficient (Wildman–Crippen LogP) is 3.22. The first-order chi connectivity index (χ1) is 8.15. The summed E-state index contributed by atoms with van der Waals surface area (Å²) in [6, 6.07) is 3.61. The molecule has 0 radical (unpaired) electrons. The molecule has 0 spiro atoms. The van der Waals surface area contributed by atoms with Crippen LogP contribution in [-0.4, -0.2) is 9.91 Å². The van der Waals surface area contributed by atoms with Crippen molar-refractivity contribution in [3.63, 3.8) is 0 Å². The number of nitrogens with zero attached hydrogens (tertiary/aromatic N) is 5. The lowest BCUT2D eigenvalue weighted by atomic mass is 10.1. The van der Waals surface area contributed by atoms with Crippen LogP contribution in [0.1, 0.15) is 0 Å². The van der Waals surface area contributed by atoms with Crippen LogP contribution in [-0.2, 0) is 0 Å². The number of nitro groups is 1. The molecule has 0 amide bonds. The lowest BCUT2D eigenvalue weighted by Gasteiger charge is -2.02. The number of nitro benzene ring substituents is 1. The average Bonchev–Trinajstić information content (AvgIpc) is 2.32. The van der Waals surface area contributed by atoms with Crippen molar-refractivity contribution < 1.29 is 9.31 Å². The zero-order valence-electron chi connectivity index (χ0n) is 8.24. The van der Waals surface area contributed by atoms with Gasteiger partial charge in [0.05, 0.1) is 21.9 Å². The molecule has 1 heterocycles. The van der Waals surface area contributed by atoms with Crippen LogP contribution in [0.3, 0.4) is 0 Å². The second-order valence-corrected chi connectivity index (χ2v) is 3.07. The third kappa shape index (κ3) is 1.72. The quantitative estimate of drug-likeness (QED) is 0.261. The molecule has 2 rings (SSSR count). The number of hydrogen-bond acceptors (Lipinski definition) is 4. The van der Waals surface area contributed by atoms with Gasteiger partial charge in [0.25, 0.3) is 5.69 Å². The Morgan fingerprint density at radius 2 is 2.35 bits per heavy atom. The normalized spacial score (nSPS) is 9.94. The molecule has 0 N–H and O–H groups in total. The highest BCUT2D eigenvalue weighted by Crippen LogP contribution is 2.34. The number of rotatable bonds is 2. The maximum absolute atomic E-state index is 13.5. The van der Waals surface area contributed by atoms with Gasteiger partial charge in [-0.2, -0.15) is 0 Å². The Bertz CT molecular complexity index is 666. The van der Waals surface area contributed by atoms with E-state index in [-0.39, 0.29) is 16.6 Å². The largest absolute Gasteiger partial charge is 0.281 e. The molecule has 0 bridgehead atoms. The highest BCUT2D eigenvalue weighted by Gasteiger charge is 2.18. The first-order valence-electron chi connectivity index (χ1n) is 4.42. The number of hydrogen-bond donors (Lipinski definition) is 0. The first-order valence-corrected chi connectivity index (χ1v) is 4.42. The number of aromatic nitrogens is 1. The smallest absolute Gasteiger partial charge is 0.258 e. The van der Waals surface area contributed by atoms with Gasteiger partial charge in [-0.05, 0) is 17.7 Å². The van der Waals surface area contributed by atoms with Gasteiger partial charge in [-0.1, -0.05) is 5.11 Å². The molecule has 0 atom stereocenters. The summed E-state index contributed by atoms with van der Waals surface area (Å²) in [7, 11) is 0. The third-order valence-electron chi connectivity index (χ3n) is 2.14. The van der Waals surface area contributed by atoms with Crippen molar-refractivity contribution in [2.24, 2.45) is 5.11 Å². The maximum atomic E-state index is 13.5. The van der Waals surface area contributed by atoms with E-state index in [9.17, 15) is 14.5 Å². The molecule has 0 unspecified atom stereocenters. The van der Waals surface area contributed by atoms with Gasteiger partial charge in [-0.15, -0.1) is 0 Å². The molecule has 7 nitrogen and oxygen atoms in total. The van der Waals surface area contributed by atoms with Crippen molar-refractivity contribution in [1.82, 2.24) is 4.98 Å². The fourth-order valence-electron chi connectivity index (χ4n) is 1.47. The molecule has 0 saturated carbocycles. The minimum absolute atomic E-state index is 0.0306. The van der Waals surface area contributed by atoms with E-state index in [2.05, 4.69) is 15.0 Å². The Labute approximate surface area is 93.3 Å². The molecule has 0 aliphatic heterocycles. The second-order valence-electron chi connectivity index (χ2n) is 3.07. The number of fused-ring (bicyclic) bond motifs is 1. The zero-order valence-corrected chi connectivity index (χ0v) is 8.24. The van der Waals surface area contributed by atoms with Gasteiger partial charge < -0.3 is 0 Å². The summed E-state index contributed by atoms with van der Waals surface area (Å²) >= 11 is 0. The Morgan fingerprint density at radius 1 is 1.59 bits per heavy atom. The molecule has 0 aliphatic carbocycles. The topological polar surface area (TPSA) is 105 Å². The predicted molar refractivity (Wildman–Crippen MR) is 57.2 cm³/mol. The van der Waals surface area contributed by atoms with Crippen molar-refractivity contribution in [3.05, 3.63) is 50.8 Å². The highest BCUT2D eigenvalue weighted by atomic mass is 19.1. The van der Waals surface area contributed by atoms with Gasteiger partial charge in [0, 0.05) is 11.1 Å². The Kier molecular flexibility index (Phi) is 2.55.